The van der Waals surface area contributed by atoms with Crippen LogP contribution in [0.1, 0.15) is 131 Å². The van der Waals surface area contributed by atoms with E-state index in [1.165, 1.54) is 96.3 Å². The van der Waals surface area contributed by atoms with Crippen LogP contribution < -0.4 is 0 Å². The monoisotopic (exact) mass is 356 g/mol. The minimum Gasteiger partial charge on any atom is -0.347 e. The number of hydrogen-bond donors (Lipinski definition) is 0. The molecule has 0 amide bonds. The fourth-order valence-corrected chi connectivity index (χ4v) is 3.46. The molecule has 1 heterocycles. The third-order valence-electron chi connectivity index (χ3n) is 4.83. The number of unbranched alkanes of at least 4 members (excludes halogenated alkanes) is 10. The van der Waals surface area contributed by atoms with Crippen molar-refractivity contribution in [3.63, 3.8) is 0 Å². The Labute approximate surface area is 159 Å². The van der Waals surface area contributed by atoms with Gasteiger partial charge in [-0.2, -0.15) is 0 Å². The van der Waals surface area contributed by atoms with Crippen molar-refractivity contribution < 1.29 is 9.47 Å². The average molecular weight is 357 g/mol. The van der Waals surface area contributed by atoms with E-state index in [-0.39, 0.29) is 6.29 Å². The first-order chi connectivity index (χ1) is 12.2. The molecule has 1 fully saturated rings. The second-order valence-corrected chi connectivity index (χ2v) is 7.74. The Morgan fingerprint density at radius 2 is 0.840 bits per heavy atom. The van der Waals surface area contributed by atoms with Crippen molar-refractivity contribution in [1.29, 1.82) is 0 Å². The highest BCUT2D eigenvalue weighted by molar-refractivity contribution is 4.76. The summed E-state index contributed by atoms with van der Waals surface area (Å²) in [6, 6.07) is 0. The predicted molar refractivity (Wildman–Crippen MR) is 111 cm³/mol. The molecule has 1 rings (SSSR count). The molecule has 2 atom stereocenters. The molecular formula is C23H48O2. The molecule has 152 valence electrons. The van der Waals surface area contributed by atoms with Crippen molar-refractivity contribution in [3.8, 4) is 0 Å². The van der Waals surface area contributed by atoms with Gasteiger partial charge in [-0.15, -0.1) is 0 Å². The highest BCUT2D eigenvalue weighted by Crippen LogP contribution is 2.27. The van der Waals surface area contributed by atoms with E-state index >= 15 is 0 Å². The van der Waals surface area contributed by atoms with Crippen molar-refractivity contribution in [1.82, 2.24) is 0 Å². The Kier molecular flexibility index (Phi) is 18.6. The molecule has 2 unspecified atom stereocenters. The van der Waals surface area contributed by atoms with E-state index < -0.39 is 0 Å². The maximum Gasteiger partial charge on any atom is 0.155 e. The minimum atomic E-state index is 0.00943. The molecule has 0 N–H and O–H groups in total. The van der Waals surface area contributed by atoms with Crippen LogP contribution in [0, 0.1) is 0 Å². The van der Waals surface area contributed by atoms with Gasteiger partial charge < -0.3 is 9.47 Å². The molecule has 0 spiro atoms. The SMILES string of the molecule is CCC.CCCCCCCCC1OC(C)OC1CCCCCCCC. The summed E-state index contributed by atoms with van der Waals surface area (Å²) >= 11 is 0. The molecule has 0 aromatic rings. The Morgan fingerprint density at radius 3 is 1.20 bits per heavy atom. The summed E-state index contributed by atoms with van der Waals surface area (Å²) in [6.07, 6.45) is 20.7. The zero-order chi connectivity index (χ0) is 18.8. The number of rotatable bonds is 14. The molecular weight excluding hydrogens is 308 g/mol. The van der Waals surface area contributed by atoms with Crippen molar-refractivity contribution >= 4 is 0 Å². The lowest BCUT2D eigenvalue weighted by Gasteiger charge is -2.16. The maximum absolute atomic E-state index is 5.97. The third-order valence-corrected chi connectivity index (χ3v) is 4.83. The van der Waals surface area contributed by atoms with Crippen LogP contribution in [0.25, 0.3) is 0 Å². The first kappa shape index (κ1) is 24.9. The standard InChI is InChI=1S/C20H40O2.C3H8/c1-4-6-8-10-12-14-16-19-20(22-18(3)21-19)17-15-13-11-9-7-5-2;1-3-2/h18-20H,4-17H2,1-3H3;3H2,1-2H3. The largest absolute Gasteiger partial charge is 0.347 e. The second kappa shape index (κ2) is 18.7. The summed E-state index contributed by atoms with van der Waals surface area (Å²) in [7, 11) is 0. The summed E-state index contributed by atoms with van der Waals surface area (Å²) < 4.78 is 11.9. The molecule has 0 saturated carbocycles. The van der Waals surface area contributed by atoms with Crippen LogP contribution in [0.4, 0.5) is 0 Å². The van der Waals surface area contributed by atoms with Gasteiger partial charge in [0, 0.05) is 0 Å². The zero-order valence-corrected chi connectivity index (χ0v) is 18.2. The molecule has 1 aliphatic rings. The molecule has 1 saturated heterocycles. The van der Waals surface area contributed by atoms with Gasteiger partial charge in [0.2, 0.25) is 0 Å². The van der Waals surface area contributed by atoms with E-state index in [9.17, 15) is 0 Å². The highest BCUT2D eigenvalue weighted by atomic mass is 16.7. The fraction of sp³-hybridized carbons (Fsp3) is 1.00. The average Bonchev–Trinajstić information content (AvgIpc) is 2.94. The number of ether oxygens (including phenoxy) is 2. The van der Waals surface area contributed by atoms with Gasteiger partial charge in [0.15, 0.2) is 6.29 Å². The minimum absolute atomic E-state index is 0.00943. The topological polar surface area (TPSA) is 18.5 Å². The Morgan fingerprint density at radius 1 is 0.520 bits per heavy atom. The van der Waals surface area contributed by atoms with Gasteiger partial charge >= 0.3 is 0 Å². The number of hydrogen-bond acceptors (Lipinski definition) is 2. The fourth-order valence-electron chi connectivity index (χ4n) is 3.46. The molecule has 2 nitrogen and oxygen atoms in total. The summed E-state index contributed by atoms with van der Waals surface area (Å²) in [6.45, 7) is 10.9. The predicted octanol–water partition coefficient (Wildman–Crippen LogP) is 8.03. The van der Waals surface area contributed by atoms with Gasteiger partial charge in [-0.05, 0) is 19.8 Å². The molecule has 0 bridgehead atoms. The summed E-state index contributed by atoms with van der Waals surface area (Å²) in [5, 5.41) is 0. The van der Waals surface area contributed by atoms with E-state index in [0.717, 1.165) is 0 Å². The van der Waals surface area contributed by atoms with Crippen LogP contribution in [-0.4, -0.2) is 18.5 Å². The summed E-state index contributed by atoms with van der Waals surface area (Å²) in [5.74, 6) is 0. The van der Waals surface area contributed by atoms with Gasteiger partial charge in [0.25, 0.3) is 0 Å². The van der Waals surface area contributed by atoms with Gasteiger partial charge in [0.05, 0.1) is 12.2 Å². The lowest BCUT2D eigenvalue weighted by molar-refractivity contribution is -0.0524. The Hall–Kier alpha value is -0.0800. The molecule has 2 heteroatoms. The van der Waals surface area contributed by atoms with E-state index in [0.29, 0.717) is 12.2 Å². The second-order valence-electron chi connectivity index (χ2n) is 7.74. The van der Waals surface area contributed by atoms with Crippen molar-refractivity contribution in [3.05, 3.63) is 0 Å². The first-order valence-electron chi connectivity index (χ1n) is 11.5. The van der Waals surface area contributed by atoms with Crippen molar-refractivity contribution in [2.24, 2.45) is 0 Å². The van der Waals surface area contributed by atoms with Gasteiger partial charge in [-0.25, -0.2) is 0 Å². The van der Waals surface area contributed by atoms with Gasteiger partial charge in [-0.3, -0.25) is 0 Å². The quantitative estimate of drug-likeness (QED) is 0.293. The Balaban J connectivity index is 0.00000178. The normalized spacial score (nSPS) is 22.7. The Bertz CT molecular complexity index is 230. The molecule has 0 aromatic carbocycles. The van der Waals surface area contributed by atoms with Gasteiger partial charge in [-0.1, -0.05) is 111 Å². The molecule has 25 heavy (non-hydrogen) atoms. The van der Waals surface area contributed by atoms with Crippen molar-refractivity contribution in [2.75, 3.05) is 0 Å². The van der Waals surface area contributed by atoms with E-state index in [2.05, 4.69) is 34.6 Å². The van der Waals surface area contributed by atoms with Crippen LogP contribution in [-0.2, 0) is 9.47 Å². The molecule has 0 aliphatic carbocycles. The van der Waals surface area contributed by atoms with Crippen LogP contribution in [0.3, 0.4) is 0 Å². The van der Waals surface area contributed by atoms with Crippen LogP contribution in [0.2, 0.25) is 0 Å². The van der Waals surface area contributed by atoms with Gasteiger partial charge in [0.1, 0.15) is 0 Å². The molecule has 0 radical (unpaired) electrons. The first-order valence-corrected chi connectivity index (χ1v) is 11.5. The third kappa shape index (κ3) is 14.7. The van der Waals surface area contributed by atoms with E-state index in [4.69, 9.17) is 9.47 Å². The smallest absolute Gasteiger partial charge is 0.155 e. The summed E-state index contributed by atoms with van der Waals surface area (Å²) in [5.41, 5.74) is 0. The highest BCUT2D eigenvalue weighted by Gasteiger charge is 2.32. The summed E-state index contributed by atoms with van der Waals surface area (Å²) in [4.78, 5) is 0. The zero-order valence-electron chi connectivity index (χ0n) is 18.2. The maximum atomic E-state index is 5.97. The lowest BCUT2D eigenvalue weighted by Crippen LogP contribution is -2.22. The lowest BCUT2D eigenvalue weighted by atomic mass is 10.00. The molecule has 0 aromatic heterocycles. The molecule has 1 aliphatic heterocycles. The van der Waals surface area contributed by atoms with Crippen LogP contribution >= 0.6 is 0 Å². The van der Waals surface area contributed by atoms with E-state index in [1.807, 2.05) is 0 Å². The van der Waals surface area contributed by atoms with Crippen LogP contribution in [0.15, 0.2) is 0 Å². The van der Waals surface area contributed by atoms with E-state index in [1.54, 1.807) is 0 Å². The van der Waals surface area contributed by atoms with Crippen LogP contribution in [0.5, 0.6) is 0 Å². The van der Waals surface area contributed by atoms with Crippen molar-refractivity contribution in [2.45, 2.75) is 149 Å².